The van der Waals surface area contributed by atoms with Crippen LogP contribution in [0.25, 0.3) is 0 Å². The highest BCUT2D eigenvalue weighted by Gasteiger charge is 2.33. The lowest BCUT2D eigenvalue weighted by atomic mass is 10.1. The van der Waals surface area contributed by atoms with Crippen molar-refractivity contribution in [2.24, 2.45) is 0 Å². The van der Waals surface area contributed by atoms with E-state index in [1.807, 2.05) is 5.32 Å². The number of carbonyl (C=O) groups excluding carboxylic acids is 1. The summed E-state index contributed by atoms with van der Waals surface area (Å²) in [6.45, 7) is 0.629. The molecule has 0 saturated carbocycles. The molecule has 0 aliphatic rings. The van der Waals surface area contributed by atoms with Gasteiger partial charge in [-0.2, -0.15) is 13.2 Å². The minimum atomic E-state index is -4.58. The van der Waals surface area contributed by atoms with Gasteiger partial charge in [-0.3, -0.25) is 9.59 Å². The molecule has 0 fully saturated rings. The second-order valence-corrected chi connectivity index (χ2v) is 3.40. The number of alkyl halides is 3. The van der Waals surface area contributed by atoms with Gasteiger partial charge in [-0.25, -0.2) is 4.98 Å². The third-order valence-electron chi connectivity index (χ3n) is 2.02. The lowest BCUT2D eigenvalue weighted by molar-refractivity contribution is -0.141. The predicted molar refractivity (Wildman–Crippen MR) is 53.9 cm³/mol. The molecule has 0 saturated heterocycles. The zero-order valence-corrected chi connectivity index (χ0v) is 9.21. The van der Waals surface area contributed by atoms with E-state index < -0.39 is 30.3 Å². The molecule has 1 aromatic rings. The molecule has 2 N–H and O–H groups in total. The average Bonchev–Trinajstić information content (AvgIpc) is 2.24. The summed E-state index contributed by atoms with van der Waals surface area (Å²) in [5.74, 6) is -2.03. The molecule has 0 aromatic carbocycles. The summed E-state index contributed by atoms with van der Waals surface area (Å²) in [6, 6.07) is 1.63. The van der Waals surface area contributed by atoms with E-state index in [9.17, 15) is 22.8 Å². The van der Waals surface area contributed by atoms with Crippen molar-refractivity contribution in [1.29, 1.82) is 0 Å². The van der Waals surface area contributed by atoms with Crippen molar-refractivity contribution in [3.8, 4) is 0 Å². The van der Waals surface area contributed by atoms with Crippen LogP contribution in [0.4, 0.5) is 13.2 Å². The SMILES string of the molecule is Cc1nc(C(F)(F)F)ccc1C(=O)NCC(=O)O. The molecule has 0 radical (unpaired) electrons. The van der Waals surface area contributed by atoms with E-state index in [4.69, 9.17) is 5.11 Å². The largest absolute Gasteiger partial charge is 0.480 e. The number of amides is 1. The lowest BCUT2D eigenvalue weighted by Gasteiger charge is -2.09. The highest BCUT2D eigenvalue weighted by atomic mass is 19.4. The summed E-state index contributed by atoms with van der Waals surface area (Å²) in [7, 11) is 0. The maximum atomic E-state index is 12.3. The van der Waals surface area contributed by atoms with Gasteiger partial charge in [0.2, 0.25) is 0 Å². The van der Waals surface area contributed by atoms with E-state index in [1.165, 1.54) is 6.92 Å². The van der Waals surface area contributed by atoms with Gasteiger partial charge in [0.15, 0.2) is 0 Å². The van der Waals surface area contributed by atoms with E-state index in [0.29, 0.717) is 6.07 Å². The lowest BCUT2D eigenvalue weighted by Crippen LogP contribution is -2.30. The summed E-state index contributed by atoms with van der Waals surface area (Å²) in [6.07, 6.45) is -4.58. The number of nitrogens with one attached hydrogen (secondary N) is 1. The molecule has 0 unspecified atom stereocenters. The first-order valence-electron chi connectivity index (χ1n) is 4.76. The Balaban J connectivity index is 2.92. The second-order valence-electron chi connectivity index (χ2n) is 3.40. The van der Waals surface area contributed by atoms with E-state index in [1.54, 1.807) is 0 Å². The molecule has 1 rings (SSSR count). The topological polar surface area (TPSA) is 79.3 Å². The molecule has 0 atom stereocenters. The highest BCUT2D eigenvalue weighted by Crippen LogP contribution is 2.28. The van der Waals surface area contributed by atoms with E-state index in [-0.39, 0.29) is 11.3 Å². The van der Waals surface area contributed by atoms with Crippen LogP contribution in [0.1, 0.15) is 21.7 Å². The fourth-order valence-electron chi connectivity index (χ4n) is 1.21. The van der Waals surface area contributed by atoms with E-state index in [0.717, 1.165) is 6.07 Å². The van der Waals surface area contributed by atoms with Gasteiger partial charge < -0.3 is 10.4 Å². The Labute approximate surface area is 99.6 Å². The molecule has 98 valence electrons. The van der Waals surface area contributed by atoms with E-state index in [2.05, 4.69) is 4.98 Å². The zero-order chi connectivity index (χ0) is 13.9. The Morgan fingerprint density at radius 3 is 2.44 bits per heavy atom. The highest BCUT2D eigenvalue weighted by molar-refractivity contribution is 5.96. The first kappa shape index (κ1) is 13.9. The molecule has 18 heavy (non-hydrogen) atoms. The number of rotatable bonds is 3. The van der Waals surface area contributed by atoms with Gasteiger partial charge in [0.25, 0.3) is 5.91 Å². The number of aliphatic carboxylic acids is 1. The number of aryl methyl sites for hydroxylation is 1. The third kappa shape index (κ3) is 3.44. The van der Waals surface area contributed by atoms with Crippen LogP contribution in [-0.4, -0.2) is 28.5 Å². The number of hydrogen-bond acceptors (Lipinski definition) is 3. The molecule has 0 bridgehead atoms. The van der Waals surface area contributed by atoms with Gasteiger partial charge in [0.05, 0.1) is 11.3 Å². The number of carbonyl (C=O) groups is 2. The van der Waals surface area contributed by atoms with Crippen molar-refractivity contribution in [3.63, 3.8) is 0 Å². The number of carboxylic acids is 1. The summed E-state index contributed by atoms with van der Waals surface area (Å²) in [5, 5.41) is 10.4. The standard InChI is InChI=1S/C10H9F3N2O3/c1-5-6(9(18)14-4-8(16)17)2-3-7(15-5)10(11,12)13/h2-3H,4H2,1H3,(H,14,18)(H,16,17). The molecule has 5 nitrogen and oxygen atoms in total. The van der Waals surface area contributed by atoms with Gasteiger partial charge in [0, 0.05) is 0 Å². The van der Waals surface area contributed by atoms with Crippen molar-refractivity contribution < 1.29 is 27.9 Å². The van der Waals surface area contributed by atoms with E-state index >= 15 is 0 Å². The molecular weight excluding hydrogens is 253 g/mol. The van der Waals surface area contributed by atoms with Crippen molar-refractivity contribution in [1.82, 2.24) is 10.3 Å². The fourth-order valence-corrected chi connectivity index (χ4v) is 1.21. The average molecular weight is 262 g/mol. The number of carboxylic acid groups (broad SMARTS) is 1. The predicted octanol–water partition coefficient (Wildman–Crippen LogP) is 1.22. The third-order valence-corrected chi connectivity index (χ3v) is 2.02. The van der Waals surface area contributed by atoms with Gasteiger partial charge in [-0.1, -0.05) is 0 Å². The number of nitrogens with zero attached hydrogens (tertiary/aromatic N) is 1. The molecule has 1 amide bonds. The van der Waals surface area contributed by atoms with Crippen LogP contribution in [0.2, 0.25) is 0 Å². The molecule has 1 heterocycles. The van der Waals surface area contributed by atoms with Gasteiger partial charge >= 0.3 is 12.1 Å². The summed E-state index contributed by atoms with van der Waals surface area (Å²) < 4.78 is 36.9. The fraction of sp³-hybridized carbons (Fsp3) is 0.300. The van der Waals surface area contributed by atoms with Gasteiger partial charge in [-0.15, -0.1) is 0 Å². The number of hydrogen-bond donors (Lipinski definition) is 2. The number of halogens is 3. The van der Waals surface area contributed by atoms with Crippen LogP contribution >= 0.6 is 0 Å². The minimum absolute atomic E-state index is 0.0933. The maximum absolute atomic E-state index is 12.3. The van der Waals surface area contributed by atoms with Crippen LogP contribution in [0, 0.1) is 6.92 Å². The van der Waals surface area contributed by atoms with Crippen LogP contribution in [0.5, 0.6) is 0 Å². The summed E-state index contributed by atoms with van der Waals surface area (Å²) >= 11 is 0. The van der Waals surface area contributed by atoms with Crippen LogP contribution < -0.4 is 5.32 Å². The van der Waals surface area contributed by atoms with Crippen LogP contribution in [0.3, 0.4) is 0 Å². The van der Waals surface area contributed by atoms with Crippen molar-refractivity contribution in [2.45, 2.75) is 13.1 Å². The summed E-state index contributed by atoms with van der Waals surface area (Å²) in [4.78, 5) is 24.9. The molecule has 8 heteroatoms. The molecule has 0 aliphatic carbocycles. The van der Waals surface area contributed by atoms with Crippen molar-refractivity contribution >= 4 is 11.9 Å². The Bertz CT molecular complexity index is 486. The number of aromatic nitrogens is 1. The molecule has 0 aliphatic heterocycles. The Kier molecular flexibility index (Phi) is 3.89. The second kappa shape index (κ2) is 5.03. The Hall–Kier alpha value is -2.12. The minimum Gasteiger partial charge on any atom is -0.480 e. The quantitative estimate of drug-likeness (QED) is 0.858. The maximum Gasteiger partial charge on any atom is 0.433 e. The van der Waals surface area contributed by atoms with Crippen molar-refractivity contribution in [2.75, 3.05) is 6.54 Å². The smallest absolute Gasteiger partial charge is 0.433 e. The monoisotopic (exact) mass is 262 g/mol. The zero-order valence-electron chi connectivity index (χ0n) is 9.21. The molecule has 0 spiro atoms. The molecular formula is C10H9F3N2O3. The van der Waals surface area contributed by atoms with Crippen LogP contribution in [-0.2, 0) is 11.0 Å². The van der Waals surface area contributed by atoms with Crippen LogP contribution in [0.15, 0.2) is 12.1 Å². The first-order valence-corrected chi connectivity index (χ1v) is 4.76. The van der Waals surface area contributed by atoms with Crippen molar-refractivity contribution in [3.05, 3.63) is 29.1 Å². The Morgan fingerprint density at radius 2 is 2.00 bits per heavy atom. The first-order chi connectivity index (χ1) is 8.21. The van der Waals surface area contributed by atoms with Gasteiger partial charge in [-0.05, 0) is 19.1 Å². The molecule has 1 aromatic heterocycles. The normalized spacial score (nSPS) is 11.1. The summed E-state index contributed by atoms with van der Waals surface area (Å²) in [5.41, 5.74) is -1.31. The number of pyridine rings is 1. The van der Waals surface area contributed by atoms with Gasteiger partial charge in [0.1, 0.15) is 12.2 Å². The Morgan fingerprint density at radius 1 is 1.39 bits per heavy atom.